The minimum Gasteiger partial charge on any atom is -0.460 e. The van der Waals surface area contributed by atoms with Crippen molar-refractivity contribution in [3.63, 3.8) is 0 Å². The Balaban J connectivity index is 1.82. The van der Waals surface area contributed by atoms with Crippen LogP contribution in [0.3, 0.4) is 0 Å². The zero-order valence-electron chi connectivity index (χ0n) is 31.8. The van der Waals surface area contributed by atoms with Crippen LogP contribution in [-0.4, -0.2) is 101 Å². The van der Waals surface area contributed by atoms with Crippen molar-refractivity contribution in [2.24, 2.45) is 11.7 Å². The summed E-state index contributed by atoms with van der Waals surface area (Å²) < 4.78 is 17.2. The van der Waals surface area contributed by atoms with Crippen LogP contribution >= 0.6 is 12.6 Å². The lowest BCUT2D eigenvalue weighted by atomic mass is 9.93. The van der Waals surface area contributed by atoms with E-state index in [1.165, 1.54) is 0 Å². The van der Waals surface area contributed by atoms with Gasteiger partial charge >= 0.3 is 18.0 Å². The topological polar surface area (TPSA) is 230 Å². The van der Waals surface area contributed by atoms with E-state index in [4.69, 9.17) is 19.9 Å². The van der Waals surface area contributed by atoms with Gasteiger partial charge in [-0.3, -0.25) is 14.4 Å². The maximum Gasteiger partial charge on any atom is 0.321 e. The third-order valence-electron chi connectivity index (χ3n) is 7.60. The molecule has 0 aliphatic carbocycles. The molecule has 296 valence electrons. The number of amides is 6. The Kier molecular flexibility index (Phi) is 18.5. The van der Waals surface area contributed by atoms with E-state index >= 15 is 0 Å². The summed E-state index contributed by atoms with van der Waals surface area (Å²) in [5, 5.41) is 21.6. The molecule has 53 heavy (non-hydrogen) atoms. The molecule has 2 aromatic rings. The Labute approximate surface area is 317 Å². The number of hydrogen-bond acceptors (Lipinski definition) is 11. The minimum atomic E-state index is -1.01. The fraction of sp³-hybridized carbons (Fsp3) is 0.629. The summed E-state index contributed by atoms with van der Waals surface area (Å²) in [5.41, 5.74) is 7.14. The maximum atomic E-state index is 13.4. The molecular weight excluding hydrogens is 707 g/mol. The average Bonchev–Trinajstić information content (AvgIpc) is 3.56. The number of hydrogen-bond donors (Lipinski definition) is 7. The smallest absolute Gasteiger partial charge is 0.321 e. The summed E-state index contributed by atoms with van der Waals surface area (Å²) in [7, 11) is 0. The van der Waals surface area contributed by atoms with E-state index < -0.39 is 46.7 Å². The fourth-order valence-electron chi connectivity index (χ4n) is 4.48. The molecule has 0 spiro atoms. The summed E-state index contributed by atoms with van der Waals surface area (Å²) in [4.78, 5) is 62.5. The largest absolute Gasteiger partial charge is 0.460 e. The molecule has 7 N–H and O–H groups in total. The number of nitrogens with two attached hydrogens (primary N) is 1. The molecule has 17 nitrogen and oxygen atoms in total. The van der Waals surface area contributed by atoms with Crippen molar-refractivity contribution in [1.82, 2.24) is 36.3 Å². The van der Waals surface area contributed by atoms with Gasteiger partial charge in [0, 0.05) is 30.4 Å². The van der Waals surface area contributed by atoms with Crippen molar-refractivity contribution in [2.75, 3.05) is 44.8 Å². The first-order valence-corrected chi connectivity index (χ1v) is 18.0. The van der Waals surface area contributed by atoms with Gasteiger partial charge in [-0.15, -0.1) is 5.10 Å². The van der Waals surface area contributed by atoms with Crippen molar-refractivity contribution in [1.29, 1.82) is 0 Å². The van der Waals surface area contributed by atoms with Crippen molar-refractivity contribution in [2.45, 2.75) is 96.7 Å². The van der Waals surface area contributed by atoms with E-state index in [2.05, 4.69) is 70.3 Å². The van der Waals surface area contributed by atoms with Crippen LogP contribution in [0.1, 0.15) is 72.6 Å². The monoisotopic (exact) mass is 763 g/mol. The zero-order valence-corrected chi connectivity index (χ0v) is 32.7. The Morgan fingerprint density at radius 1 is 0.887 bits per heavy atom. The molecule has 1 aromatic heterocycles. The van der Waals surface area contributed by atoms with E-state index in [0.29, 0.717) is 44.0 Å². The highest BCUT2D eigenvalue weighted by Crippen LogP contribution is 2.19. The molecule has 0 aliphatic rings. The predicted molar refractivity (Wildman–Crippen MR) is 202 cm³/mol. The summed E-state index contributed by atoms with van der Waals surface area (Å²) >= 11 is 4.20. The molecule has 1 heterocycles. The molecule has 0 bridgehead atoms. The Hall–Kier alpha value is -4.42. The van der Waals surface area contributed by atoms with E-state index in [0.717, 1.165) is 5.69 Å². The van der Waals surface area contributed by atoms with Crippen LogP contribution < -0.4 is 32.3 Å². The molecule has 0 unspecified atom stereocenters. The van der Waals surface area contributed by atoms with Gasteiger partial charge in [-0.05, 0) is 50.3 Å². The zero-order chi connectivity index (χ0) is 39.6. The van der Waals surface area contributed by atoms with E-state index in [-0.39, 0.29) is 44.1 Å². The van der Waals surface area contributed by atoms with Crippen LogP contribution in [0.5, 0.6) is 0 Å². The summed E-state index contributed by atoms with van der Waals surface area (Å²) in [6.45, 7) is 15.4. The van der Waals surface area contributed by atoms with Gasteiger partial charge in [0.05, 0.1) is 38.7 Å². The number of aromatic nitrogens is 3. The van der Waals surface area contributed by atoms with Crippen LogP contribution in [0, 0.1) is 5.92 Å². The third-order valence-corrected chi connectivity index (χ3v) is 7.79. The number of nitrogens with one attached hydrogen (secondary N) is 5. The second-order valence-electron chi connectivity index (χ2n) is 14.3. The van der Waals surface area contributed by atoms with Crippen LogP contribution in [0.25, 0.3) is 0 Å². The summed E-state index contributed by atoms with van der Waals surface area (Å²) in [6.07, 6.45) is 2.41. The number of nitrogens with zero attached hydrogens (tertiary/aromatic N) is 3. The molecule has 0 radical (unpaired) electrons. The number of benzene rings is 1. The van der Waals surface area contributed by atoms with Gasteiger partial charge in [-0.25, -0.2) is 14.3 Å². The summed E-state index contributed by atoms with van der Waals surface area (Å²) in [5.74, 6) is -1.85. The Bertz CT molecular complexity index is 1470. The van der Waals surface area contributed by atoms with Crippen LogP contribution in [0.2, 0.25) is 0 Å². The molecule has 2 atom stereocenters. The third kappa shape index (κ3) is 17.8. The highest BCUT2D eigenvalue weighted by Gasteiger charge is 2.29. The number of anilines is 1. The van der Waals surface area contributed by atoms with Gasteiger partial charge in [0.15, 0.2) is 0 Å². The van der Waals surface area contributed by atoms with Crippen molar-refractivity contribution < 1.29 is 38.2 Å². The molecule has 2 rings (SSSR count). The highest BCUT2D eigenvalue weighted by atomic mass is 32.1. The lowest BCUT2D eigenvalue weighted by molar-refractivity contribution is -0.146. The van der Waals surface area contributed by atoms with Crippen molar-refractivity contribution >= 4 is 48.2 Å². The second kappa shape index (κ2) is 21.9. The van der Waals surface area contributed by atoms with Gasteiger partial charge in [-0.1, -0.05) is 52.0 Å². The van der Waals surface area contributed by atoms with Crippen LogP contribution in [0.4, 0.5) is 15.3 Å². The van der Waals surface area contributed by atoms with E-state index in [1.54, 1.807) is 56.6 Å². The maximum absolute atomic E-state index is 13.4. The number of rotatable bonds is 22. The second-order valence-corrected chi connectivity index (χ2v) is 15.4. The molecule has 0 saturated heterocycles. The average molecular weight is 764 g/mol. The lowest BCUT2D eigenvalue weighted by Gasteiger charge is -2.25. The van der Waals surface area contributed by atoms with E-state index in [9.17, 15) is 24.0 Å². The first-order valence-electron chi connectivity index (χ1n) is 17.6. The normalized spacial score (nSPS) is 12.8. The molecule has 6 amide bonds. The van der Waals surface area contributed by atoms with E-state index in [1.807, 2.05) is 6.20 Å². The minimum absolute atomic E-state index is 0.0346. The van der Waals surface area contributed by atoms with Gasteiger partial charge in [-0.2, -0.15) is 12.6 Å². The van der Waals surface area contributed by atoms with Gasteiger partial charge < -0.3 is 46.5 Å². The van der Waals surface area contributed by atoms with Gasteiger partial charge in [0.1, 0.15) is 23.4 Å². The standard InChI is InChI=1S/C35H57N9O8S/c1-23(2)28(41-33(49)38-15-17-50-19-20-51-18-16-44-21-27(42-43-44)34(3,4)5)30(46)40-26(9-8-14-37-32(36)48)29(45)39-25-12-10-24(11-13-25)22-52-31(47)35(6,7)53/h10-13,21,23,26,28,53H,8-9,14-20,22H2,1-7H3,(H,39,45)(H,40,46)(H3,36,37,48)(H2,38,41,49)/t26-,28-/m0/s1. The SMILES string of the molecule is CC(C)[C@H](NC(=O)NCCOCCOCCn1cc(C(C)(C)C)nn1)C(=O)N[C@@H](CCCNC(N)=O)C(=O)Nc1ccc(COC(=O)C(C)(C)S)cc1. The Morgan fingerprint density at radius 3 is 2.13 bits per heavy atom. The molecule has 0 aliphatic heterocycles. The first kappa shape index (κ1) is 44.7. The quantitative estimate of drug-likeness (QED) is 0.0526. The number of urea groups is 2. The first-order chi connectivity index (χ1) is 24.9. The van der Waals surface area contributed by atoms with Crippen LogP contribution in [0.15, 0.2) is 30.5 Å². The van der Waals surface area contributed by atoms with Crippen LogP contribution in [-0.2, 0) is 47.2 Å². The molecular formula is C35H57N9O8S. The number of carbonyl (C=O) groups is 5. The number of thiol groups is 1. The van der Waals surface area contributed by atoms with Crippen molar-refractivity contribution in [3.05, 3.63) is 41.7 Å². The molecule has 18 heteroatoms. The molecule has 0 fully saturated rings. The molecule has 1 aromatic carbocycles. The number of esters is 1. The predicted octanol–water partition coefficient (Wildman–Crippen LogP) is 2.26. The number of ether oxygens (including phenoxy) is 3. The Morgan fingerprint density at radius 2 is 1.55 bits per heavy atom. The lowest BCUT2D eigenvalue weighted by Crippen LogP contribution is -2.56. The molecule has 0 saturated carbocycles. The van der Waals surface area contributed by atoms with Crippen molar-refractivity contribution in [3.8, 4) is 0 Å². The summed E-state index contributed by atoms with van der Waals surface area (Å²) in [6, 6.07) is 3.43. The van der Waals surface area contributed by atoms with Gasteiger partial charge in [0.25, 0.3) is 0 Å². The number of primary amides is 1. The van der Waals surface area contributed by atoms with Gasteiger partial charge in [0.2, 0.25) is 11.8 Å². The number of carbonyl (C=O) groups excluding carboxylic acids is 5. The fourth-order valence-corrected chi connectivity index (χ4v) is 4.55. The highest BCUT2D eigenvalue weighted by molar-refractivity contribution is 7.82.